The van der Waals surface area contributed by atoms with Crippen molar-refractivity contribution in [3.05, 3.63) is 30.5 Å². The fourth-order valence-electron chi connectivity index (χ4n) is 3.58. The number of pyridine rings is 1. The molecule has 25 heavy (non-hydrogen) atoms. The molecule has 0 aliphatic carbocycles. The number of piperidine rings is 1. The van der Waals surface area contributed by atoms with Crippen molar-refractivity contribution in [2.45, 2.75) is 18.9 Å². The lowest BCUT2D eigenvalue weighted by molar-refractivity contribution is -0.126. The smallest absolute Gasteiger partial charge is 0.322 e. The molecule has 7 heteroatoms. The predicted octanol–water partition coefficient (Wildman–Crippen LogP) is 1.99. The van der Waals surface area contributed by atoms with Crippen LogP contribution in [0, 0.1) is 5.92 Å². The molecule has 130 valence electrons. The van der Waals surface area contributed by atoms with Crippen molar-refractivity contribution in [2.75, 3.05) is 25.5 Å². The first-order chi connectivity index (χ1) is 12.1. The fourth-order valence-corrected chi connectivity index (χ4v) is 3.58. The molecule has 2 aromatic rings. The summed E-state index contributed by atoms with van der Waals surface area (Å²) in [7, 11) is 1.59. The van der Waals surface area contributed by atoms with Crippen LogP contribution in [-0.2, 0) is 4.79 Å². The van der Waals surface area contributed by atoms with Gasteiger partial charge in [0.2, 0.25) is 5.91 Å². The number of urea groups is 1. The molecule has 2 bridgehead atoms. The topological polar surface area (TPSA) is 83.6 Å². The van der Waals surface area contributed by atoms with E-state index < -0.39 is 0 Å². The number of amides is 3. The summed E-state index contributed by atoms with van der Waals surface area (Å²) in [5, 5.41) is 6.82. The number of nitrogens with zero attached hydrogens (tertiary/aromatic N) is 2. The summed E-state index contributed by atoms with van der Waals surface area (Å²) in [5.41, 5.74) is 1.32. The zero-order chi connectivity index (χ0) is 17.4. The van der Waals surface area contributed by atoms with E-state index >= 15 is 0 Å². The number of methoxy groups -OCH3 is 1. The van der Waals surface area contributed by atoms with Crippen LogP contribution in [0.2, 0.25) is 0 Å². The molecule has 1 aromatic carbocycles. The molecule has 4 heterocycles. The molecule has 2 N–H and O–H groups in total. The van der Waals surface area contributed by atoms with Crippen LogP contribution in [-0.4, -0.2) is 48.1 Å². The van der Waals surface area contributed by atoms with E-state index in [1.165, 1.54) is 0 Å². The largest absolute Gasteiger partial charge is 0.497 e. The van der Waals surface area contributed by atoms with E-state index in [2.05, 4.69) is 15.6 Å². The lowest BCUT2D eigenvalue weighted by Crippen LogP contribution is -2.44. The number of hydrogen-bond donors (Lipinski definition) is 2. The second kappa shape index (κ2) is 6.23. The lowest BCUT2D eigenvalue weighted by atomic mass is 9.96. The summed E-state index contributed by atoms with van der Waals surface area (Å²) in [6.45, 7) is 0.979. The average molecular weight is 340 g/mol. The highest BCUT2D eigenvalue weighted by Gasteiger charge is 2.36. The lowest BCUT2D eigenvalue weighted by Gasteiger charge is -2.23. The highest BCUT2D eigenvalue weighted by Crippen LogP contribution is 2.29. The Balaban J connectivity index is 1.60. The highest BCUT2D eigenvalue weighted by molar-refractivity contribution is 6.00. The molecule has 3 aliphatic rings. The minimum Gasteiger partial charge on any atom is -0.497 e. The van der Waals surface area contributed by atoms with E-state index in [4.69, 9.17) is 4.74 Å². The number of anilines is 1. The van der Waals surface area contributed by atoms with Crippen molar-refractivity contribution in [3.63, 3.8) is 0 Å². The third-order valence-electron chi connectivity index (χ3n) is 4.91. The van der Waals surface area contributed by atoms with Crippen molar-refractivity contribution >= 4 is 28.5 Å². The van der Waals surface area contributed by atoms with Crippen LogP contribution in [0.25, 0.3) is 10.9 Å². The van der Waals surface area contributed by atoms with Gasteiger partial charge in [-0.2, -0.15) is 0 Å². The quantitative estimate of drug-likeness (QED) is 0.876. The molecule has 3 fully saturated rings. The molecule has 0 unspecified atom stereocenters. The van der Waals surface area contributed by atoms with E-state index in [-0.39, 0.29) is 23.9 Å². The van der Waals surface area contributed by atoms with Crippen LogP contribution in [0.15, 0.2) is 30.5 Å². The van der Waals surface area contributed by atoms with E-state index in [1.807, 2.05) is 18.2 Å². The number of benzene rings is 1. The highest BCUT2D eigenvalue weighted by atomic mass is 16.5. The van der Waals surface area contributed by atoms with Gasteiger partial charge in [0.15, 0.2) is 0 Å². The number of fused-ring (bicyclic) bond motifs is 5. The van der Waals surface area contributed by atoms with E-state index in [0.717, 1.165) is 18.2 Å². The number of hydrogen-bond acceptors (Lipinski definition) is 4. The zero-order valence-electron chi connectivity index (χ0n) is 14.0. The van der Waals surface area contributed by atoms with Gasteiger partial charge in [-0.05, 0) is 25.0 Å². The van der Waals surface area contributed by atoms with Crippen molar-refractivity contribution < 1.29 is 14.3 Å². The number of aromatic nitrogens is 1. The molecule has 5 rings (SSSR count). The number of carbonyl (C=O) groups excluding carboxylic acids is 2. The Labute approximate surface area is 145 Å². The Morgan fingerprint density at radius 1 is 1.36 bits per heavy atom. The minimum absolute atomic E-state index is 0.0391. The van der Waals surface area contributed by atoms with Gasteiger partial charge in [-0.25, -0.2) is 4.79 Å². The van der Waals surface area contributed by atoms with Gasteiger partial charge in [0.1, 0.15) is 5.75 Å². The molecule has 3 aliphatic heterocycles. The third-order valence-corrected chi connectivity index (χ3v) is 4.91. The maximum absolute atomic E-state index is 12.8. The Bertz CT molecular complexity index is 838. The first-order valence-corrected chi connectivity index (χ1v) is 8.43. The number of nitrogens with one attached hydrogen (secondary N) is 2. The van der Waals surface area contributed by atoms with Crippen molar-refractivity contribution in [1.82, 2.24) is 15.2 Å². The molecule has 7 nitrogen and oxygen atoms in total. The minimum atomic E-state index is -0.214. The molecule has 3 amide bonds. The number of rotatable bonds is 2. The Hall–Kier alpha value is -2.83. The summed E-state index contributed by atoms with van der Waals surface area (Å²) < 4.78 is 5.32. The fraction of sp³-hybridized carbons (Fsp3) is 0.389. The van der Waals surface area contributed by atoms with Gasteiger partial charge >= 0.3 is 6.03 Å². The average Bonchev–Trinajstić information content (AvgIpc) is 2.93. The van der Waals surface area contributed by atoms with Crippen LogP contribution < -0.4 is 15.4 Å². The maximum Gasteiger partial charge on any atom is 0.322 e. The second-order valence-electron chi connectivity index (χ2n) is 6.57. The zero-order valence-corrected chi connectivity index (χ0v) is 14.0. The Morgan fingerprint density at radius 3 is 3.04 bits per heavy atom. The summed E-state index contributed by atoms with van der Waals surface area (Å²) in [5.74, 6) is 0.591. The van der Waals surface area contributed by atoms with E-state index in [1.54, 1.807) is 24.3 Å². The molecular weight excluding hydrogens is 320 g/mol. The first-order valence-electron chi connectivity index (χ1n) is 8.43. The van der Waals surface area contributed by atoms with Crippen LogP contribution in [0.3, 0.4) is 0 Å². The molecule has 1 aromatic heterocycles. The van der Waals surface area contributed by atoms with Crippen LogP contribution in [0.5, 0.6) is 5.75 Å². The molecule has 3 saturated heterocycles. The Kier molecular flexibility index (Phi) is 3.91. The number of ether oxygens (including phenoxy) is 1. The first kappa shape index (κ1) is 15.7. The van der Waals surface area contributed by atoms with Gasteiger partial charge in [0.25, 0.3) is 0 Å². The van der Waals surface area contributed by atoms with Gasteiger partial charge < -0.3 is 20.3 Å². The molecule has 2 atom stereocenters. The standard InChI is InChI=1S/C18H20N4O3/c1-25-14-7-11-3-2-6-19-16(11)15(8-14)21-18(24)22-9-12-4-5-13(10-22)20-17(12)23/h2-3,6-8,12-13H,4-5,9-10H2,1H3,(H,20,23)(H,21,24)/t12-,13+/m1/s1. The monoisotopic (exact) mass is 340 g/mol. The Morgan fingerprint density at radius 2 is 2.24 bits per heavy atom. The number of carbonyl (C=O) groups is 2. The van der Waals surface area contributed by atoms with Crippen molar-refractivity contribution in [2.24, 2.45) is 5.92 Å². The molecule has 0 radical (unpaired) electrons. The van der Waals surface area contributed by atoms with Crippen molar-refractivity contribution in [3.8, 4) is 5.75 Å². The van der Waals surface area contributed by atoms with Crippen LogP contribution >= 0.6 is 0 Å². The summed E-state index contributed by atoms with van der Waals surface area (Å²) >= 11 is 0. The van der Waals surface area contributed by atoms with Gasteiger partial charge in [-0.15, -0.1) is 0 Å². The van der Waals surface area contributed by atoms with Gasteiger partial charge in [-0.3, -0.25) is 9.78 Å². The summed E-state index contributed by atoms with van der Waals surface area (Å²) in [6, 6.07) is 7.24. The van der Waals surface area contributed by atoms with E-state index in [0.29, 0.717) is 30.0 Å². The van der Waals surface area contributed by atoms with Gasteiger partial charge in [-0.1, -0.05) is 6.07 Å². The second-order valence-corrected chi connectivity index (χ2v) is 6.57. The molecule has 0 spiro atoms. The molecule has 0 saturated carbocycles. The summed E-state index contributed by atoms with van der Waals surface area (Å²) in [4.78, 5) is 30.8. The van der Waals surface area contributed by atoms with Gasteiger partial charge in [0, 0.05) is 36.8 Å². The normalized spacial score (nSPS) is 22.4. The SMILES string of the molecule is COc1cc(NC(=O)N2C[C@@H]3CC[C@H](C2)C(=O)N3)c2ncccc2c1. The van der Waals surface area contributed by atoms with Crippen LogP contribution in [0.1, 0.15) is 12.8 Å². The maximum atomic E-state index is 12.8. The summed E-state index contributed by atoms with van der Waals surface area (Å²) in [6.07, 6.45) is 3.45. The predicted molar refractivity (Wildman–Crippen MR) is 93.5 cm³/mol. The van der Waals surface area contributed by atoms with Gasteiger partial charge in [0.05, 0.1) is 24.2 Å². The van der Waals surface area contributed by atoms with E-state index in [9.17, 15) is 9.59 Å². The molecular formula is C18H20N4O3. The van der Waals surface area contributed by atoms with Crippen molar-refractivity contribution in [1.29, 1.82) is 0 Å². The third kappa shape index (κ3) is 2.97. The van der Waals surface area contributed by atoms with Crippen LogP contribution in [0.4, 0.5) is 10.5 Å².